The number of nitrogens with zero attached hydrogens (tertiary/aromatic N) is 1. The second kappa shape index (κ2) is 11.7. The number of ether oxygens (including phenoxy) is 2. The van der Waals surface area contributed by atoms with Crippen LogP contribution >= 0.6 is 11.8 Å². The summed E-state index contributed by atoms with van der Waals surface area (Å²) in [6.45, 7) is 5.60. The van der Waals surface area contributed by atoms with E-state index >= 15 is 0 Å². The van der Waals surface area contributed by atoms with Crippen molar-refractivity contribution in [1.82, 2.24) is 4.90 Å². The molecule has 1 aromatic carbocycles. The van der Waals surface area contributed by atoms with E-state index in [0.29, 0.717) is 30.1 Å². The third-order valence-corrected chi connectivity index (χ3v) is 6.01. The lowest BCUT2D eigenvalue weighted by Crippen LogP contribution is -2.35. The molecule has 0 saturated carbocycles. The maximum Gasteiger partial charge on any atom is 0.338 e. The van der Waals surface area contributed by atoms with Gasteiger partial charge in [-0.2, -0.15) is 0 Å². The summed E-state index contributed by atoms with van der Waals surface area (Å²) >= 11 is 0.741. The number of furan rings is 1. The monoisotopic (exact) mass is 485 g/mol. The minimum Gasteiger partial charge on any atom is -0.462 e. The van der Waals surface area contributed by atoms with Crippen LogP contribution in [0.1, 0.15) is 56.2 Å². The average Bonchev–Trinajstić information content (AvgIpc) is 3.39. The first-order valence-corrected chi connectivity index (χ1v) is 12.0. The number of amides is 2. The van der Waals surface area contributed by atoms with Gasteiger partial charge in [0.25, 0.3) is 11.1 Å². The van der Waals surface area contributed by atoms with Crippen molar-refractivity contribution in [2.75, 3.05) is 13.2 Å². The molecule has 2 heterocycles. The Kier molecular flexibility index (Phi) is 8.70. The number of benzene rings is 1. The SMILES string of the molecule is CCCCOC(=O)c1ccc(-c2ccc(/C=C3/SC(=O)N(CC(=O)O[C@@H](C)CC)C3=O)o2)cc1. The van der Waals surface area contributed by atoms with Crippen LogP contribution in [0.15, 0.2) is 45.7 Å². The van der Waals surface area contributed by atoms with Gasteiger partial charge in [-0.05, 0) is 55.8 Å². The standard InChI is InChI=1S/C25H27NO7S/c1-4-6-13-31-24(29)18-9-7-17(8-10-18)20-12-11-19(33-20)14-21-23(28)26(25(30)34-21)15-22(27)32-16(3)5-2/h7-12,14,16H,4-6,13,15H2,1-3H3/b21-14+/t16-/m0/s1. The molecule has 3 rings (SSSR count). The summed E-state index contributed by atoms with van der Waals surface area (Å²) in [6.07, 6.45) is 3.59. The fraction of sp³-hybridized carbons (Fsp3) is 0.360. The van der Waals surface area contributed by atoms with Crippen LogP contribution in [0.3, 0.4) is 0 Å². The Bertz CT molecular complexity index is 1090. The third kappa shape index (κ3) is 6.38. The maximum absolute atomic E-state index is 12.6. The number of hydrogen-bond acceptors (Lipinski definition) is 8. The lowest BCUT2D eigenvalue weighted by molar-refractivity contribution is -0.150. The van der Waals surface area contributed by atoms with Crippen molar-refractivity contribution in [1.29, 1.82) is 0 Å². The number of imide groups is 1. The van der Waals surface area contributed by atoms with Gasteiger partial charge in [-0.1, -0.05) is 32.4 Å². The summed E-state index contributed by atoms with van der Waals surface area (Å²) in [5.74, 6) is -0.654. The van der Waals surface area contributed by atoms with Gasteiger partial charge in [-0.25, -0.2) is 4.79 Å². The molecule has 34 heavy (non-hydrogen) atoms. The summed E-state index contributed by atoms with van der Waals surface area (Å²) in [4.78, 5) is 49.9. The minimum atomic E-state index is -0.629. The zero-order chi connectivity index (χ0) is 24.7. The normalized spacial score (nSPS) is 15.6. The van der Waals surface area contributed by atoms with Crippen molar-refractivity contribution in [2.24, 2.45) is 0 Å². The van der Waals surface area contributed by atoms with Gasteiger partial charge < -0.3 is 13.9 Å². The van der Waals surface area contributed by atoms with E-state index in [1.807, 2.05) is 13.8 Å². The van der Waals surface area contributed by atoms with Crippen LogP contribution in [0.2, 0.25) is 0 Å². The highest BCUT2D eigenvalue weighted by Crippen LogP contribution is 2.33. The number of carbonyl (C=O) groups is 4. The number of carbonyl (C=O) groups excluding carboxylic acids is 4. The molecule has 9 heteroatoms. The second-order valence-electron chi connectivity index (χ2n) is 7.75. The summed E-state index contributed by atoms with van der Waals surface area (Å²) < 4.78 is 16.2. The number of esters is 2. The largest absolute Gasteiger partial charge is 0.462 e. The van der Waals surface area contributed by atoms with Crippen molar-refractivity contribution in [3.8, 4) is 11.3 Å². The molecule has 0 N–H and O–H groups in total. The molecule has 0 radical (unpaired) electrons. The van der Waals surface area contributed by atoms with Gasteiger partial charge in [0.1, 0.15) is 18.1 Å². The van der Waals surface area contributed by atoms with Crippen molar-refractivity contribution in [3.63, 3.8) is 0 Å². The highest BCUT2D eigenvalue weighted by atomic mass is 32.2. The summed E-state index contributed by atoms with van der Waals surface area (Å²) in [5.41, 5.74) is 1.19. The first-order chi connectivity index (χ1) is 16.3. The molecule has 0 spiro atoms. The number of rotatable bonds is 10. The highest BCUT2D eigenvalue weighted by molar-refractivity contribution is 8.18. The molecule has 1 fully saturated rings. The average molecular weight is 486 g/mol. The number of hydrogen-bond donors (Lipinski definition) is 0. The van der Waals surface area contributed by atoms with Gasteiger partial charge in [-0.15, -0.1) is 0 Å². The van der Waals surface area contributed by atoms with E-state index in [0.717, 1.165) is 35.1 Å². The number of unbranched alkanes of at least 4 members (excludes halogenated alkanes) is 1. The Balaban J connectivity index is 1.65. The first-order valence-electron chi connectivity index (χ1n) is 11.1. The summed E-state index contributed by atoms with van der Waals surface area (Å²) in [7, 11) is 0. The molecular formula is C25H27NO7S. The Morgan fingerprint density at radius 1 is 1.12 bits per heavy atom. The Morgan fingerprint density at radius 3 is 2.53 bits per heavy atom. The number of thioether (sulfide) groups is 1. The van der Waals surface area contributed by atoms with Crippen LogP contribution in [-0.2, 0) is 19.1 Å². The van der Waals surface area contributed by atoms with E-state index < -0.39 is 23.7 Å². The van der Waals surface area contributed by atoms with E-state index in [-0.39, 0.29) is 17.0 Å². The van der Waals surface area contributed by atoms with Gasteiger partial charge in [0.2, 0.25) is 0 Å². The molecule has 1 aliphatic heterocycles. The van der Waals surface area contributed by atoms with E-state index in [9.17, 15) is 19.2 Å². The molecule has 1 atom stereocenters. The fourth-order valence-electron chi connectivity index (χ4n) is 2.99. The van der Waals surface area contributed by atoms with Crippen LogP contribution in [0.25, 0.3) is 17.4 Å². The van der Waals surface area contributed by atoms with E-state index in [1.54, 1.807) is 43.3 Å². The van der Waals surface area contributed by atoms with Crippen LogP contribution in [0.5, 0.6) is 0 Å². The van der Waals surface area contributed by atoms with E-state index in [2.05, 4.69) is 0 Å². The molecule has 2 aromatic rings. The molecule has 2 amide bonds. The van der Waals surface area contributed by atoms with Crippen LogP contribution in [0.4, 0.5) is 4.79 Å². The minimum absolute atomic E-state index is 0.160. The molecule has 1 aromatic heterocycles. The summed E-state index contributed by atoms with van der Waals surface area (Å²) in [5, 5.41) is -0.537. The summed E-state index contributed by atoms with van der Waals surface area (Å²) in [6, 6.07) is 10.2. The van der Waals surface area contributed by atoms with Gasteiger partial charge in [0.15, 0.2) is 0 Å². The van der Waals surface area contributed by atoms with Crippen LogP contribution in [-0.4, -0.2) is 47.2 Å². The first kappa shape index (κ1) is 25.3. The molecule has 0 unspecified atom stereocenters. The topological polar surface area (TPSA) is 103 Å². The third-order valence-electron chi connectivity index (χ3n) is 5.10. The smallest absolute Gasteiger partial charge is 0.338 e. The van der Waals surface area contributed by atoms with Gasteiger partial charge >= 0.3 is 11.9 Å². The molecule has 8 nitrogen and oxygen atoms in total. The van der Waals surface area contributed by atoms with Gasteiger partial charge in [0.05, 0.1) is 23.2 Å². The van der Waals surface area contributed by atoms with Gasteiger partial charge in [-0.3, -0.25) is 19.3 Å². The van der Waals surface area contributed by atoms with Crippen molar-refractivity contribution in [2.45, 2.75) is 46.1 Å². The van der Waals surface area contributed by atoms with Crippen molar-refractivity contribution in [3.05, 3.63) is 52.6 Å². The quantitative estimate of drug-likeness (QED) is 0.254. The predicted molar refractivity (Wildman–Crippen MR) is 128 cm³/mol. The zero-order valence-electron chi connectivity index (χ0n) is 19.4. The van der Waals surface area contributed by atoms with Crippen molar-refractivity contribution >= 4 is 40.9 Å². The second-order valence-corrected chi connectivity index (χ2v) is 8.74. The molecule has 180 valence electrons. The van der Waals surface area contributed by atoms with E-state index in [4.69, 9.17) is 13.9 Å². The molecule has 1 saturated heterocycles. The molecular weight excluding hydrogens is 458 g/mol. The molecule has 0 aliphatic carbocycles. The molecule has 1 aliphatic rings. The van der Waals surface area contributed by atoms with Gasteiger partial charge in [0, 0.05) is 11.6 Å². The Labute approximate surface area is 202 Å². The molecule has 0 bridgehead atoms. The van der Waals surface area contributed by atoms with Crippen LogP contribution in [0, 0.1) is 0 Å². The zero-order valence-corrected chi connectivity index (χ0v) is 20.2. The highest BCUT2D eigenvalue weighted by Gasteiger charge is 2.37. The van der Waals surface area contributed by atoms with Crippen molar-refractivity contribution < 1.29 is 33.1 Å². The van der Waals surface area contributed by atoms with Crippen LogP contribution < -0.4 is 0 Å². The predicted octanol–water partition coefficient (Wildman–Crippen LogP) is 5.28. The Hall–Kier alpha value is -3.33. The fourth-order valence-corrected chi connectivity index (χ4v) is 3.81. The lowest BCUT2D eigenvalue weighted by Gasteiger charge is -2.14. The van der Waals surface area contributed by atoms with E-state index in [1.165, 1.54) is 6.08 Å². The maximum atomic E-state index is 12.6. The lowest BCUT2D eigenvalue weighted by atomic mass is 10.1. The Morgan fingerprint density at radius 2 is 1.85 bits per heavy atom.